The number of benzene rings is 2. The van der Waals surface area contributed by atoms with E-state index >= 15 is 0 Å². The van der Waals surface area contributed by atoms with E-state index in [4.69, 9.17) is 14.2 Å². The van der Waals surface area contributed by atoms with Gasteiger partial charge in [0.05, 0.1) is 25.9 Å². The van der Waals surface area contributed by atoms with Gasteiger partial charge in [0, 0.05) is 19.3 Å². The van der Waals surface area contributed by atoms with Crippen molar-refractivity contribution in [3.8, 4) is 11.5 Å². The van der Waals surface area contributed by atoms with Crippen LogP contribution in [0.3, 0.4) is 0 Å². The molecule has 5 nitrogen and oxygen atoms in total. The van der Waals surface area contributed by atoms with Gasteiger partial charge in [-0.3, -0.25) is 0 Å². The van der Waals surface area contributed by atoms with E-state index in [1.54, 1.807) is 7.11 Å². The Hall–Kier alpha value is -2.08. The molecule has 1 fully saturated rings. The molecule has 2 unspecified atom stereocenters. The van der Waals surface area contributed by atoms with E-state index in [-0.39, 0.29) is 12.7 Å². The molecule has 5 heteroatoms. The van der Waals surface area contributed by atoms with Crippen LogP contribution in [0.5, 0.6) is 11.5 Å². The fraction of sp³-hybridized carbons (Fsp3) is 0.400. The maximum absolute atomic E-state index is 9.93. The van der Waals surface area contributed by atoms with Gasteiger partial charge in [-0.2, -0.15) is 0 Å². The molecule has 0 amide bonds. The molecule has 1 aliphatic heterocycles. The molecule has 0 saturated carbocycles. The van der Waals surface area contributed by atoms with Crippen LogP contribution in [0.15, 0.2) is 48.5 Å². The zero-order valence-corrected chi connectivity index (χ0v) is 14.3. The molecule has 0 aliphatic carbocycles. The lowest BCUT2D eigenvalue weighted by atomic mass is 10.0. The maximum Gasteiger partial charge on any atom is 0.202 e. The summed E-state index contributed by atoms with van der Waals surface area (Å²) in [6.45, 7) is -0.121. The van der Waals surface area contributed by atoms with Crippen molar-refractivity contribution in [3.63, 3.8) is 0 Å². The second-order valence-corrected chi connectivity index (χ2v) is 6.25. The van der Waals surface area contributed by atoms with E-state index in [9.17, 15) is 10.2 Å². The third-order valence-electron chi connectivity index (χ3n) is 4.33. The van der Waals surface area contributed by atoms with Crippen LogP contribution in [0.4, 0.5) is 0 Å². The third-order valence-corrected chi connectivity index (χ3v) is 4.33. The van der Waals surface area contributed by atoms with Crippen molar-refractivity contribution in [2.75, 3.05) is 13.7 Å². The zero-order valence-electron chi connectivity index (χ0n) is 14.3. The van der Waals surface area contributed by atoms with Gasteiger partial charge < -0.3 is 24.4 Å². The van der Waals surface area contributed by atoms with Crippen LogP contribution in [0.1, 0.15) is 24.0 Å². The van der Waals surface area contributed by atoms with Gasteiger partial charge in [0.1, 0.15) is 11.5 Å². The Labute approximate surface area is 147 Å². The molecule has 2 aromatic carbocycles. The molecule has 2 N–H and O–H groups in total. The van der Waals surface area contributed by atoms with Gasteiger partial charge in [-0.25, -0.2) is 0 Å². The maximum atomic E-state index is 9.93. The molecular formula is C20H24O5. The minimum absolute atomic E-state index is 0.121. The lowest BCUT2D eigenvalue weighted by Crippen LogP contribution is -2.40. The number of rotatable bonds is 6. The summed E-state index contributed by atoms with van der Waals surface area (Å²) in [6, 6.07) is 15.7. The highest BCUT2D eigenvalue weighted by atomic mass is 16.7. The number of methoxy groups -OCH3 is 1. The lowest BCUT2D eigenvalue weighted by molar-refractivity contribution is -0.184. The van der Waals surface area contributed by atoms with E-state index in [0.29, 0.717) is 12.8 Å². The first-order chi connectivity index (χ1) is 12.2. The number of aliphatic hydroxyl groups is 2. The van der Waals surface area contributed by atoms with Crippen molar-refractivity contribution in [2.24, 2.45) is 0 Å². The average molecular weight is 344 g/mol. The standard InChI is InChI=1S/C20H24O5/c1-23-17-8-6-14(7-9-17)10-15-4-2-3-5-19(15)25-20-12-16(22)11-18(13-21)24-20/h2-9,16,18,20-22H,10-13H2,1H3/t16-,18?,20?/m0/s1. The third kappa shape index (κ3) is 4.72. The second-order valence-electron chi connectivity index (χ2n) is 6.25. The molecule has 0 aromatic heterocycles. The molecule has 1 saturated heterocycles. The quantitative estimate of drug-likeness (QED) is 0.843. The molecule has 3 atom stereocenters. The number of hydrogen-bond donors (Lipinski definition) is 2. The van der Waals surface area contributed by atoms with Crippen molar-refractivity contribution in [3.05, 3.63) is 59.7 Å². The minimum atomic E-state index is -0.557. The molecule has 1 heterocycles. The summed E-state index contributed by atoms with van der Waals surface area (Å²) < 4.78 is 16.9. The van der Waals surface area contributed by atoms with Crippen molar-refractivity contribution >= 4 is 0 Å². The molecule has 2 aromatic rings. The van der Waals surface area contributed by atoms with Crippen LogP contribution in [0, 0.1) is 0 Å². The summed E-state index contributed by atoms with van der Waals surface area (Å²) in [5.41, 5.74) is 2.19. The zero-order chi connectivity index (χ0) is 17.6. The van der Waals surface area contributed by atoms with Crippen LogP contribution in [0.25, 0.3) is 0 Å². The van der Waals surface area contributed by atoms with Gasteiger partial charge in [-0.05, 0) is 29.3 Å². The summed E-state index contributed by atoms with van der Waals surface area (Å²) in [5.74, 6) is 1.56. The fourth-order valence-electron chi connectivity index (χ4n) is 3.01. The highest BCUT2D eigenvalue weighted by molar-refractivity contribution is 5.39. The minimum Gasteiger partial charge on any atom is -0.497 e. The van der Waals surface area contributed by atoms with E-state index in [1.165, 1.54) is 0 Å². The molecule has 0 bridgehead atoms. The van der Waals surface area contributed by atoms with Crippen molar-refractivity contribution in [1.29, 1.82) is 0 Å². The Morgan fingerprint density at radius 3 is 2.56 bits per heavy atom. The van der Waals surface area contributed by atoms with Gasteiger partial charge in [-0.15, -0.1) is 0 Å². The van der Waals surface area contributed by atoms with Crippen LogP contribution in [-0.4, -0.2) is 42.4 Å². The van der Waals surface area contributed by atoms with Crippen LogP contribution < -0.4 is 9.47 Å². The van der Waals surface area contributed by atoms with E-state index in [2.05, 4.69) is 0 Å². The van der Waals surface area contributed by atoms with Gasteiger partial charge in [0.25, 0.3) is 0 Å². The Kier molecular flexibility index (Phi) is 5.91. The summed E-state index contributed by atoms with van der Waals surface area (Å²) in [7, 11) is 1.65. The van der Waals surface area contributed by atoms with Gasteiger partial charge >= 0.3 is 0 Å². The summed E-state index contributed by atoms with van der Waals surface area (Å²) in [4.78, 5) is 0. The smallest absolute Gasteiger partial charge is 0.202 e. The van der Waals surface area contributed by atoms with E-state index in [1.807, 2.05) is 48.5 Å². The Morgan fingerprint density at radius 2 is 1.84 bits per heavy atom. The predicted molar refractivity (Wildman–Crippen MR) is 93.9 cm³/mol. The SMILES string of the molecule is COc1ccc(Cc2ccccc2OC2C[C@@H](O)CC(CO)O2)cc1. The van der Waals surface area contributed by atoms with E-state index in [0.717, 1.165) is 29.0 Å². The normalized spacial score (nSPS) is 23.2. The van der Waals surface area contributed by atoms with Gasteiger partial charge in [0.15, 0.2) is 0 Å². The lowest BCUT2D eigenvalue weighted by Gasteiger charge is -2.32. The first-order valence-electron chi connectivity index (χ1n) is 8.50. The van der Waals surface area contributed by atoms with Crippen molar-refractivity contribution in [2.45, 2.75) is 37.8 Å². The summed E-state index contributed by atoms with van der Waals surface area (Å²) in [5, 5.41) is 19.2. The number of hydrogen-bond acceptors (Lipinski definition) is 5. The largest absolute Gasteiger partial charge is 0.497 e. The fourth-order valence-corrected chi connectivity index (χ4v) is 3.01. The molecule has 0 radical (unpaired) electrons. The molecular weight excluding hydrogens is 320 g/mol. The Morgan fingerprint density at radius 1 is 1.08 bits per heavy atom. The average Bonchev–Trinajstić information content (AvgIpc) is 2.63. The van der Waals surface area contributed by atoms with Crippen LogP contribution >= 0.6 is 0 Å². The van der Waals surface area contributed by atoms with E-state index < -0.39 is 12.4 Å². The topological polar surface area (TPSA) is 68.2 Å². The molecule has 3 rings (SSSR count). The van der Waals surface area contributed by atoms with Crippen molar-refractivity contribution < 1.29 is 24.4 Å². The molecule has 25 heavy (non-hydrogen) atoms. The Balaban J connectivity index is 1.71. The van der Waals surface area contributed by atoms with Gasteiger partial charge in [0.2, 0.25) is 6.29 Å². The number of aliphatic hydroxyl groups excluding tert-OH is 2. The van der Waals surface area contributed by atoms with Gasteiger partial charge in [-0.1, -0.05) is 30.3 Å². The second kappa shape index (κ2) is 8.34. The molecule has 0 spiro atoms. The Bertz CT molecular complexity index is 670. The predicted octanol–water partition coefficient (Wildman–Crippen LogP) is 2.52. The number of ether oxygens (including phenoxy) is 3. The summed E-state index contributed by atoms with van der Waals surface area (Å²) in [6.07, 6.45) is 0.0842. The van der Waals surface area contributed by atoms with Crippen LogP contribution in [-0.2, 0) is 11.2 Å². The first-order valence-corrected chi connectivity index (χ1v) is 8.50. The first kappa shape index (κ1) is 17.7. The summed E-state index contributed by atoms with van der Waals surface area (Å²) >= 11 is 0. The molecule has 1 aliphatic rings. The number of para-hydroxylation sites is 1. The molecule has 134 valence electrons. The highest BCUT2D eigenvalue weighted by Crippen LogP contribution is 2.27. The highest BCUT2D eigenvalue weighted by Gasteiger charge is 2.29. The van der Waals surface area contributed by atoms with Crippen LogP contribution in [0.2, 0.25) is 0 Å². The monoisotopic (exact) mass is 344 g/mol. The van der Waals surface area contributed by atoms with Crippen molar-refractivity contribution in [1.82, 2.24) is 0 Å².